The van der Waals surface area contributed by atoms with Crippen molar-refractivity contribution < 1.29 is 0 Å². The second-order valence-corrected chi connectivity index (χ2v) is 4.05. The van der Waals surface area contributed by atoms with Crippen LogP contribution in [0.15, 0.2) is 24.3 Å². The Labute approximate surface area is 84.9 Å². The van der Waals surface area contributed by atoms with E-state index in [4.69, 9.17) is 0 Å². The Balaban J connectivity index is 3.57. The van der Waals surface area contributed by atoms with Gasteiger partial charge in [0.25, 0.3) is 0 Å². The predicted molar refractivity (Wildman–Crippen MR) is 60.8 cm³/mol. The highest BCUT2D eigenvalue weighted by Gasteiger charge is 2.02. The molecule has 1 atom stereocenters. The molecule has 1 unspecified atom stereocenters. The molecule has 0 radical (unpaired) electrons. The number of alkyl halides is 1. The highest BCUT2D eigenvalue weighted by Crippen LogP contribution is 2.15. The lowest BCUT2D eigenvalue weighted by molar-refractivity contribution is 0.559. The third-order valence-corrected chi connectivity index (χ3v) is 2.76. The SMILES string of the molecule is C=CCC(CBr)CCC=C(C)C. The summed E-state index contributed by atoms with van der Waals surface area (Å²) < 4.78 is 0. The third kappa shape index (κ3) is 6.66. The van der Waals surface area contributed by atoms with Gasteiger partial charge in [-0.25, -0.2) is 0 Å². The molecule has 0 amide bonds. The van der Waals surface area contributed by atoms with Gasteiger partial charge in [-0.15, -0.1) is 6.58 Å². The van der Waals surface area contributed by atoms with Gasteiger partial charge in [0.05, 0.1) is 0 Å². The second kappa shape index (κ2) is 7.60. The number of allylic oxidation sites excluding steroid dienone is 3. The van der Waals surface area contributed by atoms with E-state index in [-0.39, 0.29) is 0 Å². The van der Waals surface area contributed by atoms with Crippen LogP contribution in [0.4, 0.5) is 0 Å². The van der Waals surface area contributed by atoms with Crippen molar-refractivity contribution in [3.63, 3.8) is 0 Å². The van der Waals surface area contributed by atoms with Gasteiger partial charge < -0.3 is 0 Å². The Kier molecular flexibility index (Phi) is 7.58. The molecule has 0 saturated heterocycles. The monoisotopic (exact) mass is 230 g/mol. The fourth-order valence-electron chi connectivity index (χ4n) is 1.10. The van der Waals surface area contributed by atoms with E-state index in [0.29, 0.717) is 0 Å². The molecule has 0 spiro atoms. The zero-order chi connectivity index (χ0) is 9.40. The average Bonchev–Trinajstić information content (AvgIpc) is 2.02. The summed E-state index contributed by atoms with van der Waals surface area (Å²) in [6.45, 7) is 8.05. The summed E-state index contributed by atoms with van der Waals surface area (Å²) in [6.07, 6.45) is 7.91. The second-order valence-electron chi connectivity index (χ2n) is 3.40. The van der Waals surface area contributed by atoms with E-state index in [1.807, 2.05) is 6.08 Å². The van der Waals surface area contributed by atoms with E-state index in [9.17, 15) is 0 Å². The van der Waals surface area contributed by atoms with Crippen LogP contribution in [0.5, 0.6) is 0 Å². The highest BCUT2D eigenvalue weighted by atomic mass is 79.9. The van der Waals surface area contributed by atoms with Gasteiger partial charge in [-0.05, 0) is 39.0 Å². The Morgan fingerprint density at radius 2 is 2.17 bits per heavy atom. The van der Waals surface area contributed by atoms with Gasteiger partial charge in [0.2, 0.25) is 0 Å². The van der Waals surface area contributed by atoms with Crippen LogP contribution in [0.1, 0.15) is 33.1 Å². The summed E-state index contributed by atoms with van der Waals surface area (Å²) in [4.78, 5) is 0. The number of hydrogen-bond acceptors (Lipinski definition) is 0. The summed E-state index contributed by atoms with van der Waals surface area (Å²) >= 11 is 3.52. The standard InChI is InChI=1S/C11H19Br/c1-4-6-11(9-12)8-5-7-10(2)3/h4,7,11H,1,5-6,8-9H2,2-3H3. The molecule has 0 aliphatic rings. The lowest BCUT2D eigenvalue weighted by Gasteiger charge is -2.09. The molecule has 0 aromatic carbocycles. The van der Waals surface area contributed by atoms with Crippen LogP contribution in [0.2, 0.25) is 0 Å². The van der Waals surface area contributed by atoms with Gasteiger partial charge >= 0.3 is 0 Å². The molecule has 0 aromatic heterocycles. The normalized spacial score (nSPS) is 12.2. The van der Waals surface area contributed by atoms with Gasteiger partial charge in [-0.2, -0.15) is 0 Å². The maximum absolute atomic E-state index is 3.76. The van der Waals surface area contributed by atoms with Crippen LogP contribution < -0.4 is 0 Å². The van der Waals surface area contributed by atoms with Crippen LogP contribution in [0.3, 0.4) is 0 Å². The molecule has 1 heteroatoms. The van der Waals surface area contributed by atoms with Crippen molar-refractivity contribution >= 4 is 15.9 Å². The molecule has 0 nitrogen and oxygen atoms in total. The van der Waals surface area contributed by atoms with Crippen molar-refractivity contribution in [3.8, 4) is 0 Å². The number of hydrogen-bond donors (Lipinski definition) is 0. The third-order valence-electron chi connectivity index (χ3n) is 1.85. The number of halogens is 1. The maximum Gasteiger partial charge on any atom is 0.00627 e. The topological polar surface area (TPSA) is 0 Å². The molecule has 0 bridgehead atoms. The van der Waals surface area contributed by atoms with E-state index in [1.165, 1.54) is 18.4 Å². The minimum absolute atomic E-state index is 0.762. The first-order valence-corrected chi connectivity index (χ1v) is 5.63. The molecule has 0 aromatic rings. The van der Waals surface area contributed by atoms with E-state index in [0.717, 1.165) is 17.7 Å². The molecular formula is C11H19Br. The van der Waals surface area contributed by atoms with Crippen LogP contribution in [-0.2, 0) is 0 Å². The van der Waals surface area contributed by atoms with Gasteiger partial charge in [-0.3, -0.25) is 0 Å². The van der Waals surface area contributed by atoms with E-state index >= 15 is 0 Å². The Morgan fingerprint density at radius 1 is 1.50 bits per heavy atom. The zero-order valence-corrected chi connectivity index (χ0v) is 9.73. The first-order valence-electron chi connectivity index (χ1n) is 4.51. The van der Waals surface area contributed by atoms with Crippen LogP contribution in [0.25, 0.3) is 0 Å². The van der Waals surface area contributed by atoms with Crippen LogP contribution in [-0.4, -0.2) is 5.33 Å². The molecule has 0 aliphatic heterocycles. The van der Waals surface area contributed by atoms with E-state index in [1.54, 1.807) is 0 Å². The maximum atomic E-state index is 3.76. The molecule has 12 heavy (non-hydrogen) atoms. The average molecular weight is 231 g/mol. The quantitative estimate of drug-likeness (QED) is 0.471. The predicted octanol–water partition coefficient (Wildman–Crippen LogP) is 4.32. The minimum atomic E-state index is 0.762. The van der Waals surface area contributed by atoms with Crippen molar-refractivity contribution in [2.45, 2.75) is 33.1 Å². The molecule has 70 valence electrons. The molecular weight excluding hydrogens is 212 g/mol. The molecule has 0 rings (SSSR count). The highest BCUT2D eigenvalue weighted by molar-refractivity contribution is 9.09. The fraction of sp³-hybridized carbons (Fsp3) is 0.636. The largest absolute Gasteiger partial charge is 0.103 e. The Hall–Kier alpha value is -0.0400. The van der Waals surface area contributed by atoms with Crippen molar-refractivity contribution in [3.05, 3.63) is 24.3 Å². The first kappa shape index (κ1) is 12.0. The summed E-state index contributed by atoms with van der Waals surface area (Å²) in [6, 6.07) is 0. The van der Waals surface area contributed by atoms with Gasteiger partial charge in [0, 0.05) is 5.33 Å². The van der Waals surface area contributed by atoms with E-state index < -0.39 is 0 Å². The van der Waals surface area contributed by atoms with E-state index in [2.05, 4.69) is 42.4 Å². The van der Waals surface area contributed by atoms with Crippen LogP contribution >= 0.6 is 15.9 Å². The fourth-order valence-corrected chi connectivity index (χ4v) is 1.69. The summed E-state index contributed by atoms with van der Waals surface area (Å²) in [7, 11) is 0. The minimum Gasteiger partial charge on any atom is -0.103 e. The first-order chi connectivity index (χ1) is 5.70. The zero-order valence-electron chi connectivity index (χ0n) is 8.15. The van der Waals surface area contributed by atoms with Gasteiger partial charge in [-0.1, -0.05) is 33.7 Å². The summed E-state index contributed by atoms with van der Waals surface area (Å²) in [5.41, 5.74) is 1.42. The van der Waals surface area contributed by atoms with Crippen molar-refractivity contribution in [1.82, 2.24) is 0 Å². The van der Waals surface area contributed by atoms with Gasteiger partial charge in [0.1, 0.15) is 0 Å². The molecule has 0 fully saturated rings. The molecule has 0 saturated carbocycles. The van der Waals surface area contributed by atoms with Crippen LogP contribution in [0, 0.1) is 5.92 Å². The van der Waals surface area contributed by atoms with Crippen molar-refractivity contribution in [1.29, 1.82) is 0 Å². The smallest absolute Gasteiger partial charge is 0.00627 e. The lowest BCUT2D eigenvalue weighted by atomic mass is 10.0. The molecule has 0 N–H and O–H groups in total. The Morgan fingerprint density at radius 3 is 2.58 bits per heavy atom. The Bertz CT molecular complexity index is 143. The van der Waals surface area contributed by atoms with Gasteiger partial charge in [0.15, 0.2) is 0 Å². The summed E-state index contributed by atoms with van der Waals surface area (Å²) in [5, 5.41) is 1.09. The number of rotatable bonds is 6. The molecule has 0 aliphatic carbocycles. The summed E-state index contributed by atoms with van der Waals surface area (Å²) in [5.74, 6) is 0.762. The van der Waals surface area contributed by atoms with Crippen molar-refractivity contribution in [2.24, 2.45) is 5.92 Å². The molecule has 0 heterocycles. The lowest BCUT2D eigenvalue weighted by Crippen LogP contribution is -1.99. The van der Waals surface area contributed by atoms with Crippen molar-refractivity contribution in [2.75, 3.05) is 5.33 Å².